The first kappa shape index (κ1) is 29.9. The van der Waals surface area contributed by atoms with Crippen LogP contribution in [0.3, 0.4) is 0 Å². The zero-order valence-corrected chi connectivity index (χ0v) is 23.0. The molecule has 2 amide bonds. The Hall–Kier alpha value is -2.62. The highest BCUT2D eigenvalue weighted by Gasteiger charge is 2.64. The highest BCUT2D eigenvalue weighted by atomic mass is 19.4. The Kier molecular flexibility index (Phi) is 8.85. The van der Waals surface area contributed by atoms with E-state index < -0.39 is 12.1 Å². The van der Waals surface area contributed by atoms with Crippen LogP contribution in [0.4, 0.5) is 13.2 Å². The van der Waals surface area contributed by atoms with Crippen molar-refractivity contribution in [3.05, 3.63) is 34.9 Å². The third-order valence-electron chi connectivity index (χ3n) is 8.26. The molecule has 3 aliphatic rings. The van der Waals surface area contributed by atoms with Gasteiger partial charge >= 0.3 is 12.1 Å². The van der Waals surface area contributed by atoms with E-state index in [9.17, 15) is 22.8 Å². The number of hydrogen-bond acceptors (Lipinski definition) is 4. The smallest absolute Gasteiger partial charge is 0.475 e. The number of nitrogens with zero attached hydrogens (tertiary/aromatic N) is 3. The van der Waals surface area contributed by atoms with E-state index in [1.165, 1.54) is 0 Å². The average Bonchev–Trinajstić information content (AvgIpc) is 3.29. The molecule has 38 heavy (non-hydrogen) atoms. The van der Waals surface area contributed by atoms with Crippen LogP contribution in [-0.4, -0.2) is 89.6 Å². The lowest BCUT2D eigenvalue weighted by atomic mass is 9.60. The molecule has 0 aliphatic carbocycles. The lowest BCUT2D eigenvalue weighted by Crippen LogP contribution is -2.53. The zero-order chi connectivity index (χ0) is 28.5. The fraction of sp³-hybridized carbons (Fsp3) is 0.679. The molecule has 3 saturated heterocycles. The first-order valence-electron chi connectivity index (χ1n) is 13.3. The summed E-state index contributed by atoms with van der Waals surface area (Å²) in [5.41, 5.74) is 2.80. The molecule has 0 bridgehead atoms. The van der Waals surface area contributed by atoms with Crippen LogP contribution in [0.25, 0.3) is 0 Å². The largest absolute Gasteiger partial charge is 0.490 e. The first-order valence-corrected chi connectivity index (χ1v) is 13.3. The van der Waals surface area contributed by atoms with Crippen molar-refractivity contribution in [1.82, 2.24) is 14.7 Å². The maximum absolute atomic E-state index is 13.6. The molecule has 0 radical (unpaired) electrons. The Morgan fingerprint density at radius 2 is 1.55 bits per heavy atom. The number of carboxylic acid groups (broad SMARTS) is 1. The van der Waals surface area contributed by atoms with Crippen molar-refractivity contribution in [3.8, 4) is 0 Å². The van der Waals surface area contributed by atoms with Gasteiger partial charge in [-0.05, 0) is 58.1 Å². The predicted molar refractivity (Wildman–Crippen MR) is 138 cm³/mol. The molecular weight excluding hydrogens is 499 g/mol. The van der Waals surface area contributed by atoms with E-state index in [4.69, 9.17) is 9.90 Å². The lowest BCUT2D eigenvalue weighted by Gasteiger charge is -2.47. The van der Waals surface area contributed by atoms with Crippen LogP contribution in [0.1, 0.15) is 61.5 Å². The Morgan fingerprint density at radius 1 is 1.00 bits per heavy atom. The van der Waals surface area contributed by atoms with Gasteiger partial charge < -0.3 is 19.8 Å². The average molecular weight is 540 g/mol. The Bertz CT molecular complexity index is 1030. The summed E-state index contributed by atoms with van der Waals surface area (Å²) in [6.07, 6.45) is -2.25. The molecule has 212 valence electrons. The minimum absolute atomic E-state index is 0.00218. The second-order valence-corrected chi connectivity index (χ2v) is 11.5. The number of aliphatic carboxylic acids is 1. The van der Waals surface area contributed by atoms with E-state index in [2.05, 4.69) is 36.6 Å². The number of carboxylic acids is 1. The number of alkyl halides is 3. The summed E-state index contributed by atoms with van der Waals surface area (Å²) in [5.74, 6) is -1.65. The fourth-order valence-corrected chi connectivity index (χ4v) is 6.66. The van der Waals surface area contributed by atoms with Crippen molar-refractivity contribution in [2.75, 3.05) is 45.8 Å². The fourth-order valence-electron chi connectivity index (χ4n) is 6.66. The van der Waals surface area contributed by atoms with Gasteiger partial charge in [-0.2, -0.15) is 13.2 Å². The zero-order valence-electron chi connectivity index (χ0n) is 23.0. The van der Waals surface area contributed by atoms with E-state index in [-0.39, 0.29) is 16.7 Å². The van der Waals surface area contributed by atoms with Crippen molar-refractivity contribution in [1.29, 1.82) is 0 Å². The number of piperidine rings is 1. The molecule has 3 heterocycles. The van der Waals surface area contributed by atoms with E-state index >= 15 is 0 Å². The first-order chi connectivity index (χ1) is 17.6. The monoisotopic (exact) mass is 539 g/mol. The molecule has 2 spiro atoms. The summed E-state index contributed by atoms with van der Waals surface area (Å²) in [6, 6.07) is 6.11. The van der Waals surface area contributed by atoms with Crippen LogP contribution in [0.15, 0.2) is 18.2 Å². The highest BCUT2D eigenvalue weighted by molar-refractivity contribution is 5.94. The van der Waals surface area contributed by atoms with Gasteiger partial charge in [0.15, 0.2) is 0 Å². The number of amides is 2. The standard InChI is InChI=1S/C26H39N3O2.C2HF3O2/c1-6-28-12-9-26(24(28)31)18-27(16-19(2)3)17-25(26)7-10-29(11-8-25)23(30)22-14-20(4)13-21(5)15-22;3-2(4,5)1(6)7/h13-15,19H,6-12,16-18H2,1-5H3;(H,6,7). The van der Waals surface area contributed by atoms with Crippen LogP contribution in [-0.2, 0) is 9.59 Å². The van der Waals surface area contributed by atoms with Gasteiger partial charge in [0, 0.05) is 56.8 Å². The topological polar surface area (TPSA) is 81.2 Å². The van der Waals surface area contributed by atoms with Crippen molar-refractivity contribution in [3.63, 3.8) is 0 Å². The molecular formula is C28H40F3N3O4. The summed E-state index contributed by atoms with van der Waals surface area (Å²) >= 11 is 0. The predicted octanol–water partition coefficient (Wildman–Crippen LogP) is 4.37. The van der Waals surface area contributed by atoms with Crippen molar-refractivity contribution in [2.45, 2.75) is 60.1 Å². The van der Waals surface area contributed by atoms with E-state index in [1.54, 1.807) is 0 Å². The van der Waals surface area contributed by atoms with Gasteiger partial charge in [-0.3, -0.25) is 9.59 Å². The molecule has 1 N–H and O–H groups in total. The molecule has 1 atom stereocenters. The Morgan fingerprint density at radius 3 is 2.00 bits per heavy atom. The van der Waals surface area contributed by atoms with Gasteiger partial charge in [0.05, 0.1) is 5.41 Å². The van der Waals surface area contributed by atoms with E-state index in [0.29, 0.717) is 11.8 Å². The van der Waals surface area contributed by atoms with Crippen LogP contribution >= 0.6 is 0 Å². The molecule has 1 aromatic rings. The minimum Gasteiger partial charge on any atom is -0.475 e. The molecule has 0 saturated carbocycles. The van der Waals surface area contributed by atoms with Gasteiger partial charge in [-0.25, -0.2) is 4.79 Å². The molecule has 10 heteroatoms. The number of aryl methyl sites for hydroxylation is 2. The number of fused-ring (bicyclic) bond motifs is 1. The summed E-state index contributed by atoms with van der Waals surface area (Å²) in [4.78, 5) is 42.4. The SMILES string of the molecule is CCN1CCC2(CN(CC(C)C)CC23CCN(C(=O)c2cc(C)cc(C)c2)CC3)C1=O.O=C(O)C(F)(F)F. The number of hydrogen-bond donors (Lipinski definition) is 1. The minimum atomic E-state index is -5.08. The number of likely N-dealkylation sites (tertiary alicyclic amines) is 3. The molecule has 7 nitrogen and oxygen atoms in total. The van der Waals surface area contributed by atoms with Gasteiger partial charge in [0.1, 0.15) is 0 Å². The summed E-state index contributed by atoms with van der Waals surface area (Å²) in [5, 5.41) is 7.12. The molecule has 0 aromatic heterocycles. The van der Waals surface area contributed by atoms with Crippen molar-refractivity contribution >= 4 is 17.8 Å². The van der Waals surface area contributed by atoms with Crippen LogP contribution in [0.5, 0.6) is 0 Å². The van der Waals surface area contributed by atoms with Crippen LogP contribution < -0.4 is 0 Å². The summed E-state index contributed by atoms with van der Waals surface area (Å²) in [6.45, 7) is 16.9. The van der Waals surface area contributed by atoms with Crippen molar-refractivity contribution in [2.24, 2.45) is 16.7 Å². The van der Waals surface area contributed by atoms with E-state index in [1.807, 2.05) is 30.9 Å². The van der Waals surface area contributed by atoms with Crippen LogP contribution in [0.2, 0.25) is 0 Å². The van der Waals surface area contributed by atoms with Gasteiger partial charge in [-0.1, -0.05) is 31.0 Å². The number of benzene rings is 1. The Balaban J connectivity index is 0.000000505. The van der Waals surface area contributed by atoms with Gasteiger partial charge in [-0.15, -0.1) is 0 Å². The third kappa shape index (κ3) is 6.00. The number of carbonyl (C=O) groups excluding carboxylic acids is 2. The maximum Gasteiger partial charge on any atom is 0.490 e. The Labute approximate surface area is 223 Å². The second-order valence-electron chi connectivity index (χ2n) is 11.5. The number of halogens is 3. The maximum atomic E-state index is 13.6. The third-order valence-corrected chi connectivity index (χ3v) is 8.26. The lowest BCUT2D eigenvalue weighted by molar-refractivity contribution is -0.192. The quantitative estimate of drug-likeness (QED) is 0.615. The molecule has 1 aromatic carbocycles. The second kappa shape index (κ2) is 11.2. The highest BCUT2D eigenvalue weighted by Crippen LogP contribution is 2.58. The number of carbonyl (C=O) groups is 3. The molecule has 3 aliphatic heterocycles. The van der Waals surface area contributed by atoms with E-state index in [0.717, 1.165) is 81.8 Å². The summed E-state index contributed by atoms with van der Waals surface area (Å²) in [7, 11) is 0. The van der Waals surface area contributed by atoms with Crippen LogP contribution in [0, 0.1) is 30.6 Å². The van der Waals surface area contributed by atoms with Crippen molar-refractivity contribution < 1.29 is 32.7 Å². The summed E-state index contributed by atoms with van der Waals surface area (Å²) < 4.78 is 31.7. The van der Waals surface area contributed by atoms with Gasteiger partial charge in [0.25, 0.3) is 5.91 Å². The molecule has 4 rings (SSSR count). The molecule has 3 fully saturated rings. The molecule has 1 unspecified atom stereocenters. The van der Waals surface area contributed by atoms with Gasteiger partial charge in [0.2, 0.25) is 5.91 Å². The normalized spacial score (nSPS) is 23.3. The number of rotatable bonds is 4.